The number of hydrogen-bond donors (Lipinski definition) is 1. The van der Waals surface area contributed by atoms with E-state index in [4.69, 9.17) is 5.73 Å². The molecule has 0 radical (unpaired) electrons. The van der Waals surface area contributed by atoms with Gasteiger partial charge in [0.25, 0.3) is 5.91 Å². The molecule has 112 valence electrons. The molecule has 1 aromatic rings. The van der Waals surface area contributed by atoms with Crippen molar-refractivity contribution in [2.24, 2.45) is 5.73 Å². The monoisotopic (exact) mass is 302 g/mol. The van der Waals surface area contributed by atoms with Gasteiger partial charge in [-0.25, -0.2) is 0 Å². The van der Waals surface area contributed by atoms with Crippen LogP contribution in [0.15, 0.2) is 18.2 Å². The molecule has 2 rings (SSSR count). The zero-order valence-corrected chi connectivity index (χ0v) is 13.7. The molecule has 1 aliphatic rings. The molecule has 0 saturated carbocycles. The highest BCUT2D eigenvalue weighted by Crippen LogP contribution is 2.26. The molecule has 0 aromatic heterocycles. The lowest BCUT2D eigenvalue weighted by Crippen LogP contribution is -2.48. The molecule has 1 saturated heterocycles. The maximum atomic E-state index is 12.9. The van der Waals surface area contributed by atoms with Crippen LogP contribution in [0.3, 0.4) is 0 Å². The number of nitrogens with two attached hydrogens (primary N) is 1. The normalized spacial score (nSPS) is 21.6. The number of nitrogens with zero attached hydrogens (tertiary/aromatic N) is 1. The van der Waals surface area contributed by atoms with Crippen LogP contribution in [-0.4, -0.2) is 40.9 Å². The van der Waals surface area contributed by atoms with E-state index in [1.807, 2.05) is 41.8 Å². The second-order valence-corrected chi connectivity index (χ2v) is 6.86. The summed E-state index contributed by atoms with van der Waals surface area (Å²) in [5.41, 5.74) is 7.99. The van der Waals surface area contributed by atoms with Crippen LogP contribution < -0.4 is 5.73 Å². The molecule has 1 amide bonds. The number of aryl methyl sites for hydroxylation is 1. The number of carbonyl (C=O) groups is 1. The van der Waals surface area contributed by atoms with Gasteiger partial charge in [-0.15, -0.1) is 0 Å². The Morgan fingerprint density at radius 2 is 2.24 bits per heavy atom. The number of thioether (sulfide) groups is 1. The van der Waals surface area contributed by atoms with E-state index in [1.54, 1.807) is 0 Å². The third-order valence-corrected chi connectivity index (χ3v) is 5.21. The van der Waals surface area contributed by atoms with Gasteiger partial charge in [-0.3, -0.25) is 4.79 Å². The molecule has 1 fully saturated rings. The lowest BCUT2D eigenvalue weighted by molar-refractivity contribution is 0.0698. The first-order valence-corrected chi connectivity index (χ1v) is 8.31. The van der Waals surface area contributed by atoms with Crippen LogP contribution in [0.4, 0.5) is 0 Å². The molecular formula is C17H22N2OS. The van der Waals surface area contributed by atoms with E-state index in [2.05, 4.69) is 25.7 Å². The fourth-order valence-corrected chi connectivity index (χ4v) is 3.56. The molecule has 1 aromatic carbocycles. The topological polar surface area (TPSA) is 46.3 Å². The van der Waals surface area contributed by atoms with Gasteiger partial charge in [0.1, 0.15) is 0 Å². The Balaban J connectivity index is 2.35. The van der Waals surface area contributed by atoms with Crippen molar-refractivity contribution in [3.05, 3.63) is 34.9 Å². The van der Waals surface area contributed by atoms with Crippen molar-refractivity contribution in [2.75, 3.05) is 18.8 Å². The van der Waals surface area contributed by atoms with E-state index in [0.29, 0.717) is 17.4 Å². The summed E-state index contributed by atoms with van der Waals surface area (Å²) in [7, 11) is 0. The summed E-state index contributed by atoms with van der Waals surface area (Å²) in [5, 5.41) is 0.464. The summed E-state index contributed by atoms with van der Waals surface area (Å²) >= 11 is 1.93. The fourth-order valence-electron chi connectivity index (χ4n) is 2.46. The van der Waals surface area contributed by atoms with Crippen molar-refractivity contribution in [3.63, 3.8) is 0 Å². The fraction of sp³-hybridized carbons (Fsp3) is 0.471. The summed E-state index contributed by atoms with van der Waals surface area (Å²) in [6, 6.07) is 6.07. The van der Waals surface area contributed by atoms with Gasteiger partial charge in [0.05, 0.1) is 12.1 Å². The van der Waals surface area contributed by atoms with Crippen molar-refractivity contribution in [3.8, 4) is 11.8 Å². The summed E-state index contributed by atoms with van der Waals surface area (Å²) in [6.45, 7) is 7.40. The van der Waals surface area contributed by atoms with Crippen LogP contribution in [0, 0.1) is 18.8 Å². The zero-order valence-electron chi connectivity index (χ0n) is 12.8. The molecule has 0 aliphatic carbocycles. The van der Waals surface area contributed by atoms with E-state index >= 15 is 0 Å². The number of hydrogen-bond acceptors (Lipinski definition) is 3. The quantitative estimate of drug-likeness (QED) is 0.810. The Kier molecular flexibility index (Phi) is 5.33. The Hall–Kier alpha value is -1.44. The SMILES string of the molecule is Cc1ccc(C#CCN)c(C(=O)N2CCSC(C)C2C)c1. The Bertz CT molecular complexity index is 588. The minimum absolute atomic E-state index is 0.0830. The standard InChI is InChI=1S/C17H22N2OS/c1-12-6-7-15(5-4-8-18)16(11-12)17(20)19-9-10-21-14(3)13(19)2/h6-7,11,13-14H,8-10,18H2,1-3H3. The average Bonchev–Trinajstić information content (AvgIpc) is 2.48. The molecule has 1 aliphatic heterocycles. The van der Waals surface area contributed by atoms with Crippen LogP contribution in [0.2, 0.25) is 0 Å². The van der Waals surface area contributed by atoms with Crippen LogP contribution >= 0.6 is 11.8 Å². The molecule has 4 heteroatoms. The Labute approximate surface area is 131 Å². The van der Waals surface area contributed by atoms with Gasteiger partial charge in [-0.2, -0.15) is 11.8 Å². The van der Waals surface area contributed by atoms with Gasteiger partial charge in [0.2, 0.25) is 0 Å². The lowest BCUT2D eigenvalue weighted by atomic mass is 10.0. The first-order valence-electron chi connectivity index (χ1n) is 7.26. The minimum Gasteiger partial charge on any atom is -0.334 e. The van der Waals surface area contributed by atoms with Crippen LogP contribution in [-0.2, 0) is 0 Å². The molecule has 0 spiro atoms. The molecule has 0 bridgehead atoms. The highest BCUT2D eigenvalue weighted by atomic mass is 32.2. The largest absolute Gasteiger partial charge is 0.334 e. The van der Waals surface area contributed by atoms with Gasteiger partial charge in [-0.05, 0) is 26.0 Å². The van der Waals surface area contributed by atoms with Gasteiger partial charge in [0.15, 0.2) is 0 Å². The number of amides is 1. The van der Waals surface area contributed by atoms with Crippen LogP contribution in [0.1, 0.15) is 35.3 Å². The maximum absolute atomic E-state index is 12.9. The smallest absolute Gasteiger partial charge is 0.255 e. The van der Waals surface area contributed by atoms with E-state index < -0.39 is 0 Å². The van der Waals surface area contributed by atoms with Crippen molar-refractivity contribution >= 4 is 17.7 Å². The maximum Gasteiger partial charge on any atom is 0.255 e. The summed E-state index contributed by atoms with van der Waals surface area (Å²) in [4.78, 5) is 14.9. The first kappa shape index (κ1) is 15.9. The average molecular weight is 302 g/mol. The van der Waals surface area contributed by atoms with Crippen molar-refractivity contribution in [1.29, 1.82) is 0 Å². The predicted molar refractivity (Wildman–Crippen MR) is 89.5 cm³/mol. The van der Waals surface area contributed by atoms with Crippen molar-refractivity contribution in [2.45, 2.75) is 32.1 Å². The Morgan fingerprint density at radius 1 is 1.48 bits per heavy atom. The van der Waals surface area contributed by atoms with E-state index in [-0.39, 0.29) is 11.9 Å². The lowest BCUT2D eigenvalue weighted by Gasteiger charge is -2.37. The second kappa shape index (κ2) is 7.02. The highest BCUT2D eigenvalue weighted by molar-refractivity contribution is 8.00. The predicted octanol–water partition coefficient (Wildman–Crippen LogP) is 2.27. The van der Waals surface area contributed by atoms with Crippen LogP contribution in [0.5, 0.6) is 0 Å². The molecule has 2 N–H and O–H groups in total. The van der Waals surface area contributed by atoms with Gasteiger partial charge in [0, 0.05) is 29.2 Å². The third-order valence-electron chi connectivity index (χ3n) is 3.88. The molecular weight excluding hydrogens is 280 g/mol. The number of carbonyl (C=O) groups excluding carboxylic acids is 1. The van der Waals surface area contributed by atoms with Gasteiger partial charge >= 0.3 is 0 Å². The molecule has 2 atom stereocenters. The van der Waals surface area contributed by atoms with Crippen molar-refractivity contribution < 1.29 is 4.79 Å². The van der Waals surface area contributed by atoms with Gasteiger partial charge in [-0.1, -0.05) is 30.4 Å². The summed E-state index contributed by atoms with van der Waals surface area (Å²) in [6.07, 6.45) is 0. The molecule has 1 heterocycles. The minimum atomic E-state index is 0.0830. The summed E-state index contributed by atoms with van der Waals surface area (Å²) in [5.74, 6) is 6.94. The first-order chi connectivity index (χ1) is 10.0. The van der Waals surface area contributed by atoms with Gasteiger partial charge < -0.3 is 10.6 Å². The molecule has 2 unspecified atom stereocenters. The van der Waals surface area contributed by atoms with E-state index in [0.717, 1.165) is 23.4 Å². The second-order valence-electron chi connectivity index (χ2n) is 5.37. The Morgan fingerprint density at radius 3 is 2.95 bits per heavy atom. The zero-order chi connectivity index (χ0) is 15.4. The molecule has 3 nitrogen and oxygen atoms in total. The summed E-state index contributed by atoms with van der Waals surface area (Å²) < 4.78 is 0. The highest BCUT2D eigenvalue weighted by Gasteiger charge is 2.30. The van der Waals surface area contributed by atoms with Crippen molar-refractivity contribution in [1.82, 2.24) is 4.90 Å². The number of benzene rings is 1. The molecule has 21 heavy (non-hydrogen) atoms. The van der Waals surface area contributed by atoms with E-state index in [1.165, 1.54) is 0 Å². The van der Waals surface area contributed by atoms with E-state index in [9.17, 15) is 4.79 Å². The number of rotatable bonds is 1. The van der Waals surface area contributed by atoms with Crippen LogP contribution in [0.25, 0.3) is 0 Å². The third kappa shape index (κ3) is 3.61.